The molecule has 28 heavy (non-hydrogen) atoms. The van der Waals surface area contributed by atoms with Crippen LogP contribution >= 0.6 is 11.8 Å². The molecule has 0 saturated carbocycles. The SMILES string of the molecule is COc1cc(-c2nnc3n2NC(=Nc2ccccc2)CS3)cc(OC)c1OC. The Morgan fingerprint density at radius 2 is 1.71 bits per heavy atom. The molecule has 0 fully saturated rings. The highest BCUT2D eigenvalue weighted by Gasteiger charge is 2.23. The smallest absolute Gasteiger partial charge is 0.211 e. The number of benzene rings is 2. The van der Waals surface area contributed by atoms with Crippen molar-refractivity contribution in [3.8, 4) is 28.6 Å². The van der Waals surface area contributed by atoms with Crippen molar-refractivity contribution in [2.45, 2.75) is 5.16 Å². The van der Waals surface area contributed by atoms with Gasteiger partial charge in [0.05, 0.1) is 32.8 Å². The maximum Gasteiger partial charge on any atom is 0.211 e. The minimum absolute atomic E-state index is 0.529. The zero-order valence-electron chi connectivity index (χ0n) is 15.7. The lowest BCUT2D eigenvalue weighted by Gasteiger charge is -2.19. The summed E-state index contributed by atoms with van der Waals surface area (Å²) < 4.78 is 18.1. The number of rotatable bonds is 5. The first kappa shape index (κ1) is 18.2. The number of nitrogens with one attached hydrogen (secondary N) is 1. The molecule has 0 spiro atoms. The lowest BCUT2D eigenvalue weighted by Crippen LogP contribution is -2.30. The predicted octanol–water partition coefficient (Wildman–Crippen LogP) is 3.35. The molecule has 1 N–H and O–H groups in total. The molecular weight excluding hydrogens is 378 g/mol. The number of aromatic nitrogens is 3. The first-order chi connectivity index (χ1) is 13.7. The van der Waals surface area contributed by atoms with Gasteiger partial charge in [0.15, 0.2) is 17.3 Å². The van der Waals surface area contributed by atoms with Crippen LogP contribution in [0.2, 0.25) is 0 Å². The maximum atomic E-state index is 5.45. The zero-order chi connectivity index (χ0) is 19.5. The maximum absolute atomic E-state index is 5.45. The van der Waals surface area contributed by atoms with Crippen LogP contribution < -0.4 is 19.6 Å². The summed E-state index contributed by atoms with van der Waals surface area (Å²) in [5.41, 5.74) is 4.97. The molecule has 9 heteroatoms. The van der Waals surface area contributed by atoms with Gasteiger partial charge in [-0.15, -0.1) is 10.2 Å². The van der Waals surface area contributed by atoms with Crippen molar-refractivity contribution in [1.29, 1.82) is 0 Å². The normalized spacial score (nSPS) is 14.3. The van der Waals surface area contributed by atoms with Crippen LogP contribution in [0.1, 0.15) is 0 Å². The van der Waals surface area contributed by atoms with Gasteiger partial charge in [0.2, 0.25) is 10.9 Å². The Hall–Kier alpha value is -3.20. The van der Waals surface area contributed by atoms with E-state index in [-0.39, 0.29) is 0 Å². The van der Waals surface area contributed by atoms with Crippen LogP contribution in [0, 0.1) is 0 Å². The summed E-state index contributed by atoms with van der Waals surface area (Å²) in [6.07, 6.45) is 0. The standard InChI is InChI=1S/C19H19N5O3S/c1-25-14-9-12(10-15(26-2)17(14)27-3)18-21-22-19-24(18)23-16(11-28-19)20-13-7-5-4-6-8-13/h4-10H,11H2,1-3H3,(H,20,23). The number of para-hydroxylation sites is 1. The Morgan fingerprint density at radius 3 is 2.36 bits per heavy atom. The number of hydrogen-bond donors (Lipinski definition) is 1. The van der Waals surface area contributed by atoms with Gasteiger partial charge in [-0.2, -0.15) is 0 Å². The van der Waals surface area contributed by atoms with E-state index in [4.69, 9.17) is 14.2 Å². The van der Waals surface area contributed by atoms with E-state index in [0.717, 1.165) is 22.2 Å². The van der Waals surface area contributed by atoms with E-state index in [1.54, 1.807) is 33.1 Å². The van der Waals surface area contributed by atoms with Gasteiger partial charge in [0, 0.05) is 5.56 Å². The van der Waals surface area contributed by atoms with Crippen molar-refractivity contribution >= 4 is 23.3 Å². The molecule has 1 aliphatic heterocycles. The number of fused-ring (bicyclic) bond motifs is 1. The van der Waals surface area contributed by atoms with Crippen molar-refractivity contribution in [3.63, 3.8) is 0 Å². The molecule has 0 atom stereocenters. The third kappa shape index (κ3) is 3.36. The van der Waals surface area contributed by atoms with Gasteiger partial charge in [-0.05, 0) is 24.3 Å². The lowest BCUT2D eigenvalue weighted by atomic mass is 10.1. The van der Waals surface area contributed by atoms with Crippen molar-refractivity contribution < 1.29 is 14.2 Å². The van der Waals surface area contributed by atoms with Crippen LogP contribution in [0.15, 0.2) is 52.6 Å². The van der Waals surface area contributed by atoms with Crippen molar-refractivity contribution in [1.82, 2.24) is 14.9 Å². The van der Waals surface area contributed by atoms with E-state index in [0.29, 0.717) is 28.8 Å². The molecular formula is C19H19N5O3S. The van der Waals surface area contributed by atoms with Gasteiger partial charge in [0.25, 0.3) is 0 Å². The van der Waals surface area contributed by atoms with Gasteiger partial charge in [-0.3, -0.25) is 5.43 Å². The summed E-state index contributed by atoms with van der Waals surface area (Å²) in [4.78, 5) is 4.67. The average molecular weight is 397 g/mol. The Bertz CT molecular complexity index is 995. The minimum Gasteiger partial charge on any atom is -0.493 e. The van der Waals surface area contributed by atoms with E-state index in [1.807, 2.05) is 47.1 Å². The third-order valence-corrected chi connectivity index (χ3v) is 5.10. The summed E-state index contributed by atoms with van der Waals surface area (Å²) in [6, 6.07) is 13.5. The number of amidine groups is 1. The van der Waals surface area contributed by atoms with Crippen molar-refractivity contribution in [2.24, 2.45) is 4.99 Å². The monoisotopic (exact) mass is 397 g/mol. The highest BCUT2D eigenvalue weighted by molar-refractivity contribution is 7.99. The second-order valence-corrected chi connectivity index (χ2v) is 6.79. The van der Waals surface area contributed by atoms with E-state index in [9.17, 15) is 0 Å². The van der Waals surface area contributed by atoms with Crippen LogP contribution in [0.4, 0.5) is 5.69 Å². The minimum atomic E-state index is 0.529. The quantitative estimate of drug-likeness (QED) is 0.707. The first-order valence-corrected chi connectivity index (χ1v) is 9.50. The van der Waals surface area contributed by atoms with Crippen molar-refractivity contribution in [2.75, 3.05) is 32.5 Å². The van der Waals surface area contributed by atoms with Gasteiger partial charge >= 0.3 is 0 Å². The van der Waals surface area contributed by atoms with E-state index < -0.39 is 0 Å². The van der Waals surface area contributed by atoms with Crippen LogP contribution in [0.25, 0.3) is 11.4 Å². The van der Waals surface area contributed by atoms with E-state index in [1.165, 1.54) is 0 Å². The molecule has 1 aromatic heterocycles. The first-order valence-electron chi connectivity index (χ1n) is 8.51. The summed E-state index contributed by atoms with van der Waals surface area (Å²) in [6.45, 7) is 0. The average Bonchev–Trinajstić information content (AvgIpc) is 3.16. The number of hydrogen-bond acceptors (Lipinski definition) is 7. The molecule has 0 aliphatic carbocycles. The highest BCUT2D eigenvalue weighted by Crippen LogP contribution is 2.41. The molecule has 3 aromatic rings. The van der Waals surface area contributed by atoms with Crippen LogP contribution in [-0.2, 0) is 0 Å². The molecule has 144 valence electrons. The molecule has 0 radical (unpaired) electrons. The number of thioether (sulfide) groups is 1. The Morgan fingerprint density at radius 1 is 1.00 bits per heavy atom. The van der Waals surface area contributed by atoms with Gasteiger partial charge < -0.3 is 14.2 Å². The van der Waals surface area contributed by atoms with Gasteiger partial charge in [-0.1, -0.05) is 30.0 Å². The summed E-state index contributed by atoms with van der Waals surface area (Å²) in [7, 11) is 4.74. The zero-order valence-corrected chi connectivity index (χ0v) is 16.5. The van der Waals surface area contributed by atoms with Gasteiger partial charge in [-0.25, -0.2) is 9.67 Å². The number of ether oxygens (including phenoxy) is 3. The summed E-state index contributed by atoms with van der Waals surface area (Å²) in [5.74, 6) is 3.76. The Balaban J connectivity index is 1.73. The lowest BCUT2D eigenvalue weighted by molar-refractivity contribution is 0.324. The molecule has 2 aromatic carbocycles. The topological polar surface area (TPSA) is 82.8 Å². The van der Waals surface area contributed by atoms with Gasteiger partial charge in [0.1, 0.15) is 5.84 Å². The van der Waals surface area contributed by atoms with Crippen molar-refractivity contribution in [3.05, 3.63) is 42.5 Å². The molecule has 0 saturated heterocycles. The van der Waals surface area contributed by atoms with Crippen LogP contribution in [-0.4, -0.2) is 47.8 Å². The molecule has 0 bridgehead atoms. The highest BCUT2D eigenvalue weighted by atomic mass is 32.2. The van der Waals surface area contributed by atoms with Crippen LogP contribution in [0.3, 0.4) is 0 Å². The Labute approximate surface area is 166 Å². The largest absolute Gasteiger partial charge is 0.493 e. The summed E-state index contributed by atoms with van der Waals surface area (Å²) >= 11 is 1.57. The Kier molecular flexibility index (Phi) is 5.07. The number of aliphatic imine (C=N–C) groups is 1. The second kappa shape index (κ2) is 7.81. The van der Waals surface area contributed by atoms with Crippen LogP contribution in [0.5, 0.6) is 17.2 Å². The molecule has 0 unspecified atom stereocenters. The summed E-state index contributed by atoms with van der Waals surface area (Å²) in [5, 5.41) is 9.37. The fourth-order valence-corrected chi connectivity index (χ4v) is 3.63. The molecule has 2 heterocycles. The van der Waals surface area contributed by atoms with E-state index in [2.05, 4.69) is 20.6 Å². The second-order valence-electron chi connectivity index (χ2n) is 5.85. The molecule has 0 amide bonds. The number of nitrogens with zero attached hydrogens (tertiary/aromatic N) is 4. The molecule has 4 rings (SSSR count). The molecule has 1 aliphatic rings. The fraction of sp³-hybridized carbons (Fsp3) is 0.211. The number of methoxy groups -OCH3 is 3. The molecule has 8 nitrogen and oxygen atoms in total. The fourth-order valence-electron chi connectivity index (χ4n) is 2.87. The van der Waals surface area contributed by atoms with E-state index >= 15 is 0 Å². The predicted molar refractivity (Wildman–Crippen MR) is 109 cm³/mol. The third-order valence-electron chi connectivity index (χ3n) is 4.16.